The molecule has 12 aromatic carbocycles. The molecule has 0 radical (unpaired) electrons. The molecule has 4 aliphatic carbocycles. The molecule has 19 heteroatoms. The molecule has 6 aliphatic rings. The molecule has 22 rings (SSSR count). The Morgan fingerprint density at radius 2 is 0.830 bits per heavy atom. The summed E-state index contributed by atoms with van der Waals surface area (Å²) in [6.07, 6.45) is 7.42. The van der Waals surface area contributed by atoms with Gasteiger partial charge < -0.3 is 28.7 Å². The third-order valence-corrected chi connectivity index (χ3v) is 32.5. The summed E-state index contributed by atoms with van der Waals surface area (Å²) in [6.45, 7) is 43.7. The zero-order valence-corrected chi connectivity index (χ0v) is 87.9. The maximum atomic E-state index is 16.6. The van der Waals surface area contributed by atoms with Crippen LogP contribution in [0.3, 0.4) is 0 Å². The van der Waals surface area contributed by atoms with Gasteiger partial charge in [-0.3, -0.25) is 0 Å². The van der Waals surface area contributed by atoms with E-state index in [9.17, 15) is 5.48 Å². The summed E-state index contributed by atoms with van der Waals surface area (Å²) in [5.74, 6) is -3.55. The number of aromatic nitrogens is 2. The predicted octanol–water partition coefficient (Wildman–Crippen LogP) is 34.5. The summed E-state index contributed by atoms with van der Waals surface area (Å²) < 4.78 is 194. The topological polar surface area (TPSA) is 22.8 Å². The van der Waals surface area contributed by atoms with Gasteiger partial charge in [0, 0.05) is 120 Å². The summed E-state index contributed by atoms with van der Waals surface area (Å²) in [5.41, 5.74) is 20.4. The average Bonchev–Trinajstić information content (AvgIpc) is 1.63. The van der Waals surface area contributed by atoms with Gasteiger partial charge in [-0.25, -0.2) is 26.3 Å². The number of halogens is 9. The Morgan fingerprint density at radius 3 is 1.38 bits per heavy atom. The normalized spacial score (nSPS) is 18.3. The van der Waals surface area contributed by atoms with Crippen LogP contribution in [0.15, 0.2) is 224 Å². The second-order valence-corrected chi connectivity index (χ2v) is 56.1. The number of para-hydroxylation sites is 4. The summed E-state index contributed by atoms with van der Waals surface area (Å²) in [6, 6.07) is 42.8. The molecule has 4 aromatic heterocycles. The Morgan fingerprint density at radius 1 is 0.378 bits per heavy atom. The fourth-order valence-corrected chi connectivity index (χ4v) is 25.3. The van der Waals surface area contributed by atoms with Crippen LogP contribution in [-0.4, -0.2) is 16.1 Å². The van der Waals surface area contributed by atoms with Crippen LogP contribution in [0.1, 0.15) is 243 Å². The first-order chi connectivity index (χ1) is 67.9. The molecule has 0 N–H and O–H groups in total. The molecule has 135 heavy (non-hydrogen) atoms. The van der Waals surface area contributed by atoms with E-state index >= 15 is 26.3 Å². The monoisotopic (exact) mass is 2180 g/mol. The lowest BCUT2D eigenvalue weighted by Gasteiger charge is -2.45. The minimum Gasteiger partial charge on any atom is -0.311 e. The van der Waals surface area contributed by atoms with Crippen LogP contribution in [0, 0.1) is 62.6 Å². The molecule has 0 fully saturated rings. The van der Waals surface area contributed by atoms with Crippen molar-refractivity contribution in [1.82, 2.24) is 9.13 Å². The van der Waals surface area contributed by atoms with E-state index in [0.29, 0.717) is 50.2 Å². The molecule has 6 heterocycles. The standard InChI is InChI=1S/C58H55BF3N3S.C58H58F3N3S.BI3/c1-32-25-46-50-47(26-32)64(43-30-39-38(27-33(43)2)55(3,4)21-22-56(39,5)6)45-31-44-36(49-53(58(9,10)24-23-57(49,7)8)65(44)52-41(61)17-14-18-42(52)62)29-40(45)59(50)54-51(63(46)35-15-12-11-13-16-35)37-28-34(60)19-20-48(37)66-54;1-35-27-40(62(38-15-12-11-13-16-38)50-34-65-51-22-19-37(59)30-43(50)51)31-41(28-35)63(48-33-45-44(29-36(48)2)55(3,4)23-24-56(45,5)6)39-20-21-42-49(32-39)64(53-46(60)17-14-18-47(53)61)54-52(42)57(7,8)25-26-58(54,9)10;2-1(3)4/h11-20,25-31H,21-24H2,1-10H3;11-22,27-34H,23-26H2,1-10H3;/i2*11D,12D,13D,15D,16D;. The van der Waals surface area contributed by atoms with E-state index in [1.807, 2.05) is 52.6 Å². The number of thiophene rings is 2. The van der Waals surface area contributed by atoms with E-state index in [1.54, 1.807) is 21.9 Å². The Hall–Kier alpha value is -9.26. The van der Waals surface area contributed by atoms with E-state index in [0.717, 1.165) is 161 Å². The highest BCUT2D eigenvalue weighted by atomic mass is 127. The van der Waals surface area contributed by atoms with E-state index in [4.69, 9.17) is 8.22 Å². The number of nitrogens with zero attached hydrogens (tertiary/aromatic N) is 6. The van der Waals surface area contributed by atoms with E-state index in [-0.39, 0.29) is 61.9 Å². The van der Waals surface area contributed by atoms with Crippen molar-refractivity contribution in [2.75, 3.05) is 19.6 Å². The molecule has 0 spiro atoms. The van der Waals surface area contributed by atoms with Gasteiger partial charge in [0.1, 0.15) is 46.3 Å². The Kier molecular flexibility index (Phi) is 20.3. The largest absolute Gasteiger partial charge is 0.355 e. The van der Waals surface area contributed by atoms with Crippen LogP contribution >= 0.6 is 89.8 Å². The van der Waals surface area contributed by atoms with Gasteiger partial charge in [-0.2, -0.15) is 0 Å². The van der Waals surface area contributed by atoms with E-state index < -0.39 is 106 Å². The number of aryl methyl sites for hydroxylation is 4. The van der Waals surface area contributed by atoms with E-state index in [1.165, 1.54) is 106 Å². The molecule has 6 nitrogen and oxygen atoms in total. The third-order valence-electron chi connectivity index (χ3n) is 30.3. The average molecular weight is 2180 g/mol. The number of hydrogen-bond donors (Lipinski definition) is 0. The van der Waals surface area contributed by atoms with Crippen LogP contribution in [0.4, 0.5) is 94.6 Å². The van der Waals surface area contributed by atoms with Gasteiger partial charge >= 0.3 is 0.282 Å². The van der Waals surface area contributed by atoms with Gasteiger partial charge in [-0.15, -0.1) is 89.8 Å². The molecule has 688 valence electrons. The van der Waals surface area contributed by atoms with Crippen LogP contribution in [0.25, 0.3) is 53.4 Å². The zero-order valence-electron chi connectivity index (χ0n) is 89.8. The van der Waals surface area contributed by atoms with Crippen LogP contribution < -0.4 is 35.3 Å². The fourth-order valence-electron chi connectivity index (χ4n) is 23.1. The van der Waals surface area contributed by atoms with Crippen molar-refractivity contribution >= 4 is 223 Å². The zero-order chi connectivity index (χ0) is 104. The minimum atomic E-state index is -0.659. The van der Waals surface area contributed by atoms with Crippen LogP contribution in [-0.2, 0) is 43.3 Å². The maximum absolute atomic E-state index is 16.6. The highest BCUT2D eigenvalue weighted by Crippen LogP contribution is 2.60. The first-order valence-corrected chi connectivity index (χ1v) is 51.9. The van der Waals surface area contributed by atoms with Gasteiger partial charge in [-0.05, 0) is 324 Å². The van der Waals surface area contributed by atoms with Gasteiger partial charge in [0.15, 0.2) is 0 Å². The number of benzene rings is 12. The summed E-state index contributed by atoms with van der Waals surface area (Å²) >= 11 is 9.83. The predicted molar refractivity (Wildman–Crippen MR) is 588 cm³/mol. The molecule has 0 saturated carbocycles. The van der Waals surface area contributed by atoms with Crippen LogP contribution in [0.2, 0.25) is 0 Å². The van der Waals surface area contributed by atoms with Gasteiger partial charge in [-0.1, -0.05) is 183 Å². The molecule has 0 atom stereocenters. The number of rotatable bonds is 10. The quantitative estimate of drug-likeness (QED) is 0.0773. The molecule has 0 saturated heterocycles. The molecule has 16 aromatic rings. The fraction of sp³-hybridized carbons (Fsp3) is 0.310. The van der Waals surface area contributed by atoms with Crippen molar-refractivity contribution < 1.29 is 40.1 Å². The van der Waals surface area contributed by atoms with Crippen LogP contribution in [0.5, 0.6) is 0 Å². The summed E-state index contributed by atoms with van der Waals surface area (Å²) in [7, 11) is 0. The first kappa shape index (κ1) is 81.7. The van der Waals surface area contributed by atoms with Crippen molar-refractivity contribution in [3.05, 3.63) is 325 Å². The second kappa shape index (κ2) is 33.5. The lowest BCUT2D eigenvalue weighted by molar-refractivity contribution is 0.323. The van der Waals surface area contributed by atoms with Crippen molar-refractivity contribution in [2.45, 2.75) is 233 Å². The van der Waals surface area contributed by atoms with Gasteiger partial charge in [0.05, 0.1) is 36.1 Å². The minimum absolute atomic E-state index is 0.0174. The van der Waals surface area contributed by atoms with Gasteiger partial charge in [0.25, 0.3) is 6.71 Å². The molecule has 0 amide bonds. The first-order valence-electron chi connectivity index (χ1n) is 51.4. The highest BCUT2D eigenvalue weighted by molar-refractivity contribution is 14.4. The Balaban J connectivity index is 0.000000170. The number of hydrogen-bond acceptors (Lipinski definition) is 6. The Labute approximate surface area is 854 Å². The summed E-state index contributed by atoms with van der Waals surface area (Å²) in [5, 5.41) is 4.72. The lowest BCUT2D eigenvalue weighted by atomic mass is 9.36. The molecular weight excluding hydrogens is 2060 g/mol. The van der Waals surface area contributed by atoms with Crippen molar-refractivity contribution in [3.63, 3.8) is 0 Å². The third kappa shape index (κ3) is 15.6. The molecule has 0 unspecified atom stereocenters. The van der Waals surface area contributed by atoms with E-state index in [2.05, 4.69) is 262 Å². The van der Waals surface area contributed by atoms with Crippen molar-refractivity contribution in [1.29, 1.82) is 0 Å². The molecular formula is C116H113B2F6I3N6S2. The smallest absolute Gasteiger partial charge is 0.311 e. The SMILES string of the molecule is IB(I)I.[2H]c1c([2H])c([2H])c(N(c2cc(C)cc(N(c3ccc4c5c(n(-c6c(F)cccc6F)c4c3)C(C)(C)CCC5(C)C)c3cc4c(cc3C)C(C)(C)CCC4(C)C)c2)c2csc3ccc(F)cc23)c([2H])c1[2H].[2H]c1c([2H])c([2H])c(N2c3cc(C)cc4c3B(c3cc5c6c(n(-c7c(F)cccc7F)c5cc3N4c3cc4c(cc3C)C(C)(C)CCC4(C)C)C(C)(C)CCC6(C)C)c3sc4ccc(F)cc4c32)c([2H])c1[2H]. The maximum Gasteiger partial charge on any atom is 0.355 e. The lowest BCUT2D eigenvalue weighted by Crippen LogP contribution is -2.60. The molecule has 0 bridgehead atoms. The Bertz CT molecular complexity index is 8140. The number of anilines is 12. The van der Waals surface area contributed by atoms with Crippen molar-refractivity contribution in [2.24, 2.45) is 0 Å². The number of fused-ring (bicyclic) bond motifs is 15. The van der Waals surface area contributed by atoms with Crippen molar-refractivity contribution in [3.8, 4) is 11.4 Å². The second-order valence-electron chi connectivity index (χ2n) is 43.3. The highest BCUT2D eigenvalue weighted by Gasteiger charge is 2.51. The molecule has 2 aliphatic heterocycles. The summed E-state index contributed by atoms with van der Waals surface area (Å²) in [4.78, 5) is 7.95. The van der Waals surface area contributed by atoms with Gasteiger partial charge in [0.2, 0.25) is 0 Å².